The van der Waals surface area contributed by atoms with E-state index >= 15 is 0 Å². The van der Waals surface area contributed by atoms with Gasteiger partial charge in [-0.25, -0.2) is 12.6 Å². The van der Waals surface area contributed by atoms with Gasteiger partial charge in [-0.1, -0.05) is 0 Å². The van der Waals surface area contributed by atoms with Gasteiger partial charge in [-0.3, -0.25) is 0 Å². The number of aromatic hydroxyl groups is 1. The quantitative estimate of drug-likeness (QED) is 0.590. The van der Waals surface area contributed by atoms with E-state index in [0.29, 0.717) is 27.0 Å². The Labute approximate surface area is 184 Å². The Hall–Kier alpha value is -3.04. The molecule has 0 aliphatic rings. The SMILES string of the molecule is COc1ccc(S(=O)Oc2ccc(O)cc2)cc1.COc1ccc(S(C)(=O)=O)cc1C. The molecule has 7 nitrogen and oxygen atoms in total. The first-order valence-corrected chi connectivity index (χ1v) is 12.0. The Morgan fingerprint density at radius 3 is 1.90 bits per heavy atom. The largest absolute Gasteiger partial charge is 0.508 e. The Kier molecular flexibility index (Phi) is 8.47. The third-order valence-electron chi connectivity index (χ3n) is 4.05. The van der Waals surface area contributed by atoms with Crippen molar-refractivity contribution in [3.63, 3.8) is 0 Å². The highest BCUT2D eigenvalue weighted by Crippen LogP contribution is 2.21. The van der Waals surface area contributed by atoms with Gasteiger partial charge < -0.3 is 18.8 Å². The van der Waals surface area contributed by atoms with Crippen LogP contribution in [0.4, 0.5) is 0 Å². The lowest BCUT2D eigenvalue weighted by Crippen LogP contribution is -2.00. The Balaban J connectivity index is 0.000000233. The van der Waals surface area contributed by atoms with Crippen molar-refractivity contribution in [3.8, 4) is 23.0 Å². The Morgan fingerprint density at radius 2 is 1.42 bits per heavy atom. The van der Waals surface area contributed by atoms with E-state index in [1.165, 1.54) is 18.4 Å². The van der Waals surface area contributed by atoms with Crippen LogP contribution in [0.15, 0.2) is 76.5 Å². The molecular weight excluding hydrogens is 440 g/mol. The summed E-state index contributed by atoms with van der Waals surface area (Å²) in [7, 11) is 0.0205. The van der Waals surface area contributed by atoms with E-state index < -0.39 is 20.9 Å². The number of hydrogen-bond acceptors (Lipinski definition) is 7. The number of sulfone groups is 1. The first-order chi connectivity index (χ1) is 14.6. The van der Waals surface area contributed by atoms with Crippen molar-refractivity contribution in [2.45, 2.75) is 16.7 Å². The monoisotopic (exact) mass is 464 g/mol. The summed E-state index contributed by atoms with van der Waals surface area (Å²) in [6.07, 6.45) is 1.19. The van der Waals surface area contributed by atoms with Gasteiger partial charge in [-0.15, -0.1) is 0 Å². The average Bonchev–Trinajstić information content (AvgIpc) is 2.75. The van der Waals surface area contributed by atoms with Gasteiger partial charge in [-0.05, 0) is 79.2 Å². The summed E-state index contributed by atoms with van der Waals surface area (Å²) in [4.78, 5) is 0.870. The van der Waals surface area contributed by atoms with E-state index in [2.05, 4.69) is 0 Å². The molecule has 31 heavy (non-hydrogen) atoms. The molecule has 9 heteroatoms. The summed E-state index contributed by atoms with van der Waals surface area (Å²) < 4.78 is 49.5. The summed E-state index contributed by atoms with van der Waals surface area (Å²) >= 11 is -1.59. The number of ether oxygens (including phenoxy) is 2. The van der Waals surface area contributed by atoms with Crippen molar-refractivity contribution in [1.82, 2.24) is 0 Å². The number of benzene rings is 3. The highest BCUT2D eigenvalue weighted by atomic mass is 32.2. The van der Waals surface area contributed by atoms with Crippen LogP contribution >= 0.6 is 0 Å². The fourth-order valence-corrected chi connectivity index (χ4v) is 3.85. The molecule has 0 aliphatic carbocycles. The van der Waals surface area contributed by atoms with Gasteiger partial charge in [-0.2, -0.15) is 0 Å². The molecule has 0 bridgehead atoms. The highest BCUT2D eigenvalue weighted by molar-refractivity contribution is 7.90. The molecule has 3 aromatic rings. The van der Waals surface area contributed by atoms with Gasteiger partial charge in [0.2, 0.25) is 11.1 Å². The summed E-state index contributed by atoms with van der Waals surface area (Å²) in [5, 5.41) is 9.12. The lowest BCUT2D eigenvalue weighted by molar-refractivity contribution is 0.411. The second-order valence-corrected chi connectivity index (χ2v) is 9.51. The molecule has 1 atom stereocenters. The third kappa shape index (κ3) is 7.30. The zero-order valence-electron chi connectivity index (χ0n) is 17.6. The van der Waals surface area contributed by atoms with Gasteiger partial charge >= 0.3 is 0 Å². The average molecular weight is 465 g/mol. The molecule has 0 saturated carbocycles. The summed E-state index contributed by atoms with van der Waals surface area (Å²) in [5.41, 5.74) is 0.824. The number of hydrogen-bond donors (Lipinski definition) is 1. The van der Waals surface area contributed by atoms with Crippen LogP contribution < -0.4 is 13.7 Å². The minimum absolute atomic E-state index is 0.137. The van der Waals surface area contributed by atoms with Crippen LogP contribution in [0.2, 0.25) is 0 Å². The normalized spacial score (nSPS) is 11.6. The third-order valence-corrected chi connectivity index (χ3v) is 6.17. The minimum atomic E-state index is -3.11. The molecule has 0 aliphatic heterocycles. The predicted octanol–water partition coefficient (Wildman–Crippen LogP) is 3.91. The van der Waals surface area contributed by atoms with Gasteiger partial charge in [0.15, 0.2) is 9.84 Å². The van der Waals surface area contributed by atoms with Crippen LogP contribution in [-0.2, 0) is 20.9 Å². The van der Waals surface area contributed by atoms with Crippen LogP contribution in [0.1, 0.15) is 5.56 Å². The molecule has 3 aromatic carbocycles. The number of phenolic OH excluding ortho intramolecular Hbond substituents is 1. The number of aryl methyl sites for hydroxylation is 1. The van der Waals surface area contributed by atoms with Crippen LogP contribution in [0, 0.1) is 6.92 Å². The molecule has 1 N–H and O–H groups in total. The standard InChI is InChI=1S/C13H12O4S.C9H12O3S/c1-16-11-6-8-13(9-7-11)18(15)17-12-4-2-10(14)3-5-12;1-7-6-8(13(3,10)11)4-5-9(7)12-2/h2-9,14H,1H3;4-6H,1-3H3. The molecule has 0 radical (unpaired) electrons. The van der Waals surface area contributed by atoms with Gasteiger partial charge in [0.1, 0.15) is 23.0 Å². The molecular formula is C22H24O7S2. The van der Waals surface area contributed by atoms with Gasteiger partial charge in [0.25, 0.3) is 0 Å². The molecule has 3 rings (SSSR count). The van der Waals surface area contributed by atoms with Crippen LogP contribution in [0.25, 0.3) is 0 Å². The second-order valence-electron chi connectivity index (χ2n) is 6.39. The molecule has 0 spiro atoms. The van der Waals surface area contributed by atoms with Gasteiger partial charge in [0, 0.05) is 6.26 Å². The van der Waals surface area contributed by atoms with Crippen molar-refractivity contribution in [3.05, 3.63) is 72.3 Å². The Morgan fingerprint density at radius 1 is 0.839 bits per heavy atom. The van der Waals surface area contributed by atoms with Crippen LogP contribution in [0.5, 0.6) is 23.0 Å². The lowest BCUT2D eigenvalue weighted by atomic mass is 10.2. The number of phenols is 1. The van der Waals surface area contributed by atoms with Crippen molar-refractivity contribution < 1.29 is 31.4 Å². The van der Waals surface area contributed by atoms with Crippen molar-refractivity contribution in [2.24, 2.45) is 0 Å². The van der Waals surface area contributed by atoms with Crippen molar-refractivity contribution in [1.29, 1.82) is 0 Å². The smallest absolute Gasteiger partial charge is 0.240 e. The maximum absolute atomic E-state index is 11.9. The number of rotatable bonds is 6. The second kappa shape index (κ2) is 10.8. The zero-order valence-corrected chi connectivity index (χ0v) is 19.2. The van der Waals surface area contributed by atoms with Crippen LogP contribution in [0.3, 0.4) is 0 Å². The van der Waals surface area contributed by atoms with E-state index in [1.54, 1.807) is 68.8 Å². The van der Waals surface area contributed by atoms with E-state index in [9.17, 15) is 12.6 Å². The highest BCUT2D eigenvalue weighted by Gasteiger charge is 2.09. The fraction of sp³-hybridized carbons (Fsp3) is 0.182. The topological polar surface area (TPSA) is 99.1 Å². The molecule has 166 valence electrons. The van der Waals surface area contributed by atoms with E-state index in [1.807, 2.05) is 6.92 Å². The summed E-state index contributed by atoms with van der Waals surface area (Å²) in [6.45, 7) is 1.81. The van der Waals surface area contributed by atoms with E-state index in [0.717, 1.165) is 5.56 Å². The molecule has 0 aromatic heterocycles. The minimum Gasteiger partial charge on any atom is -0.508 e. The molecule has 0 saturated heterocycles. The summed E-state index contributed by atoms with van der Waals surface area (Å²) in [5.74, 6) is 1.97. The fourth-order valence-electron chi connectivity index (χ4n) is 2.41. The summed E-state index contributed by atoms with van der Waals surface area (Å²) in [6, 6.07) is 17.6. The first-order valence-electron chi connectivity index (χ1n) is 9.02. The zero-order chi connectivity index (χ0) is 23.0. The Bertz CT molecular complexity index is 1120. The lowest BCUT2D eigenvalue weighted by Gasteiger charge is -2.05. The molecule has 0 fully saturated rings. The predicted molar refractivity (Wildman–Crippen MR) is 119 cm³/mol. The van der Waals surface area contributed by atoms with E-state index in [-0.39, 0.29) is 5.75 Å². The maximum Gasteiger partial charge on any atom is 0.240 e. The molecule has 0 heterocycles. The maximum atomic E-state index is 11.9. The molecule has 0 amide bonds. The van der Waals surface area contributed by atoms with Crippen LogP contribution in [-0.4, -0.2) is 38.2 Å². The molecule has 1 unspecified atom stereocenters. The van der Waals surface area contributed by atoms with Crippen molar-refractivity contribution >= 4 is 20.9 Å². The van der Waals surface area contributed by atoms with Crippen molar-refractivity contribution in [2.75, 3.05) is 20.5 Å². The van der Waals surface area contributed by atoms with E-state index in [4.69, 9.17) is 18.8 Å². The first kappa shape index (κ1) is 24.2. The van der Waals surface area contributed by atoms with Gasteiger partial charge in [0.05, 0.1) is 24.0 Å². The number of methoxy groups -OCH3 is 2.